The SMILES string of the molecule is CN(CC1CCCC1CN)C1CCOCC1. The van der Waals surface area contributed by atoms with Gasteiger partial charge in [0.25, 0.3) is 0 Å². The van der Waals surface area contributed by atoms with Crippen LogP contribution in [0.25, 0.3) is 0 Å². The Morgan fingerprint density at radius 1 is 1.12 bits per heavy atom. The van der Waals surface area contributed by atoms with Crippen LogP contribution < -0.4 is 5.73 Å². The van der Waals surface area contributed by atoms with Crippen molar-refractivity contribution in [1.29, 1.82) is 0 Å². The van der Waals surface area contributed by atoms with Crippen molar-refractivity contribution in [3.05, 3.63) is 0 Å². The second kappa shape index (κ2) is 5.99. The van der Waals surface area contributed by atoms with E-state index in [-0.39, 0.29) is 0 Å². The van der Waals surface area contributed by atoms with E-state index in [4.69, 9.17) is 10.5 Å². The zero-order chi connectivity index (χ0) is 11.4. The third kappa shape index (κ3) is 2.96. The van der Waals surface area contributed by atoms with E-state index >= 15 is 0 Å². The van der Waals surface area contributed by atoms with Gasteiger partial charge in [0, 0.05) is 25.8 Å². The number of rotatable bonds is 4. The highest BCUT2D eigenvalue weighted by atomic mass is 16.5. The number of hydrogen-bond acceptors (Lipinski definition) is 3. The second-order valence-electron chi connectivity index (χ2n) is 5.47. The summed E-state index contributed by atoms with van der Waals surface area (Å²) >= 11 is 0. The van der Waals surface area contributed by atoms with Crippen LogP contribution in [0.3, 0.4) is 0 Å². The Morgan fingerprint density at radius 2 is 1.81 bits per heavy atom. The van der Waals surface area contributed by atoms with Crippen molar-refractivity contribution in [3.8, 4) is 0 Å². The molecule has 3 heteroatoms. The smallest absolute Gasteiger partial charge is 0.0480 e. The molecule has 94 valence electrons. The van der Waals surface area contributed by atoms with E-state index < -0.39 is 0 Å². The zero-order valence-corrected chi connectivity index (χ0v) is 10.5. The van der Waals surface area contributed by atoms with Gasteiger partial charge in [-0.15, -0.1) is 0 Å². The summed E-state index contributed by atoms with van der Waals surface area (Å²) in [6, 6.07) is 0.743. The highest BCUT2D eigenvalue weighted by molar-refractivity contribution is 4.82. The standard InChI is InChI=1S/C13H26N2O/c1-15(13-5-7-16-8-6-13)10-12-4-2-3-11(12)9-14/h11-13H,2-10,14H2,1H3. The molecule has 2 rings (SSSR count). The molecule has 2 aliphatic rings. The zero-order valence-electron chi connectivity index (χ0n) is 10.5. The first-order valence-electron chi connectivity index (χ1n) is 6.79. The Labute approximate surface area is 99.3 Å². The van der Waals surface area contributed by atoms with Crippen LogP contribution in [0.1, 0.15) is 32.1 Å². The van der Waals surface area contributed by atoms with Gasteiger partial charge in [-0.25, -0.2) is 0 Å². The highest BCUT2D eigenvalue weighted by Gasteiger charge is 2.29. The Balaban J connectivity index is 1.78. The summed E-state index contributed by atoms with van der Waals surface area (Å²) in [6.45, 7) is 4.01. The number of hydrogen-bond donors (Lipinski definition) is 1. The molecule has 16 heavy (non-hydrogen) atoms. The third-order valence-electron chi connectivity index (χ3n) is 4.46. The molecule has 1 aliphatic carbocycles. The predicted octanol–water partition coefficient (Wildman–Crippen LogP) is 1.47. The van der Waals surface area contributed by atoms with Gasteiger partial charge in [0.15, 0.2) is 0 Å². The molecule has 0 aromatic rings. The summed E-state index contributed by atoms with van der Waals surface area (Å²) in [7, 11) is 2.28. The predicted molar refractivity (Wildman–Crippen MR) is 66.4 cm³/mol. The monoisotopic (exact) mass is 226 g/mol. The van der Waals surface area contributed by atoms with E-state index in [0.717, 1.165) is 37.6 Å². The fourth-order valence-electron chi connectivity index (χ4n) is 3.31. The molecule has 2 atom stereocenters. The normalized spacial score (nSPS) is 32.4. The molecule has 0 aromatic carbocycles. The van der Waals surface area contributed by atoms with Gasteiger partial charge in [-0.2, -0.15) is 0 Å². The first-order valence-corrected chi connectivity index (χ1v) is 6.79. The van der Waals surface area contributed by atoms with Crippen molar-refractivity contribution in [1.82, 2.24) is 4.90 Å². The summed E-state index contributed by atoms with van der Waals surface area (Å²) in [4.78, 5) is 2.56. The number of ether oxygens (including phenoxy) is 1. The lowest BCUT2D eigenvalue weighted by Crippen LogP contribution is -2.40. The molecule has 1 heterocycles. The van der Waals surface area contributed by atoms with Crippen molar-refractivity contribution in [2.24, 2.45) is 17.6 Å². The van der Waals surface area contributed by atoms with Gasteiger partial charge >= 0.3 is 0 Å². The molecule has 1 aliphatic heterocycles. The van der Waals surface area contributed by atoms with Gasteiger partial charge in [-0.05, 0) is 51.1 Å². The molecule has 0 radical (unpaired) electrons. The maximum Gasteiger partial charge on any atom is 0.0480 e. The molecular weight excluding hydrogens is 200 g/mol. The van der Waals surface area contributed by atoms with E-state index in [2.05, 4.69) is 11.9 Å². The molecule has 2 N–H and O–H groups in total. The fraction of sp³-hybridized carbons (Fsp3) is 1.00. The van der Waals surface area contributed by atoms with Crippen LogP contribution >= 0.6 is 0 Å². The molecule has 0 bridgehead atoms. The van der Waals surface area contributed by atoms with E-state index in [1.165, 1.54) is 38.6 Å². The lowest BCUT2D eigenvalue weighted by atomic mass is 9.94. The second-order valence-corrected chi connectivity index (χ2v) is 5.47. The molecule has 2 fully saturated rings. The Morgan fingerprint density at radius 3 is 2.50 bits per heavy atom. The Bertz CT molecular complexity index is 204. The third-order valence-corrected chi connectivity index (χ3v) is 4.46. The molecule has 1 saturated carbocycles. The van der Waals surface area contributed by atoms with Gasteiger partial charge in [0.1, 0.15) is 0 Å². The van der Waals surface area contributed by atoms with Crippen molar-refractivity contribution in [2.45, 2.75) is 38.1 Å². The first kappa shape index (κ1) is 12.3. The van der Waals surface area contributed by atoms with Gasteiger partial charge in [-0.3, -0.25) is 0 Å². The molecule has 1 saturated heterocycles. The average molecular weight is 226 g/mol. The molecule has 0 aromatic heterocycles. The van der Waals surface area contributed by atoms with Crippen LogP contribution in [0.15, 0.2) is 0 Å². The summed E-state index contributed by atoms with van der Waals surface area (Å²) in [5, 5.41) is 0. The minimum atomic E-state index is 0.743. The minimum absolute atomic E-state index is 0.743. The van der Waals surface area contributed by atoms with E-state index in [1.54, 1.807) is 0 Å². The van der Waals surface area contributed by atoms with E-state index in [1.807, 2.05) is 0 Å². The first-order chi connectivity index (χ1) is 7.81. The highest BCUT2D eigenvalue weighted by Crippen LogP contribution is 2.32. The lowest BCUT2D eigenvalue weighted by molar-refractivity contribution is 0.0364. The van der Waals surface area contributed by atoms with Crippen molar-refractivity contribution >= 4 is 0 Å². The number of nitrogens with two attached hydrogens (primary N) is 1. The van der Waals surface area contributed by atoms with Gasteiger partial charge < -0.3 is 15.4 Å². The van der Waals surface area contributed by atoms with Crippen LogP contribution in [0.2, 0.25) is 0 Å². The topological polar surface area (TPSA) is 38.5 Å². The van der Waals surface area contributed by atoms with Gasteiger partial charge in [-0.1, -0.05) is 6.42 Å². The Kier molecular flexibility index (Phi) is 4.62. The molecule has 3 nitrogen and oxygen atoms in total. The Hall–Kier alpha value is -0.120. The van der Waals surface area contributed by atoms with Gasteiger partial charge in [0.2, 0.25) is 0 Å². The molecule has 0 amide bonds. The maximum atomic E-state index is 5.84. The molecule has 2 unspecified atom stereocenters. The summed E-state index contributed by atoms with van der Waals surface area (Å²) in [5.41, 5.74) is 5.84. The lowest BCUT2D eigenvalue weighted by Gasteiger charge is -2.34. The fourth-order valence-corrected chi connectivity index (χ4v) is 3.31. The summed E-state index contributed by atoms with van der Waals surface area (Å²) in [6.07, 6.45) is 6.53. The van der Waals surface area contributed by atoms with Crippen LogP contribution in [-0.2, 0) is 4.74 Å². The molecular formula is C13H26N2O. The quantitative estimate of drug-likeness (QED) is 0.789. The van der Waals surface area contributed by atoms with E-state index in [0.29, 0.717) is 0 Å². The van der Waals surface area contributed by atoms with Crippen LogP contribution in [0.5, 0.6) is 0 Å². The average Bonchev–Trinajstić information content (AvgIpc) is 2.77. The number of nitrogens with zero attached hydrogens (tertiary/aromatic N) is 1. The van der Waals surface area contributed by atoms with Gasteiger partial charge in [0.05, 0.1) is 0 Å². The summed E-state index contributed by atoms with van der Waals surface area (Å²) < 4.78 is 5.42. The molecule has 0 spiro atoms. The largest absolute Gasteiger partial charge is 0.381 e. The minimum Gasteiger partial charge on any atom is -0.381 e. The van der Waals surface area contributed by atoms with Crippen LogP contribution in [0, 0.1) is 11.8 Å². The van der Waals surface area contributed by atoms with Crippen molar-refractivity contribution < 1.29 is 4.74 Å². The van der Waals surface area contributed by atoms with E-state index in [9.17, 15) is 0 Å². The van der Waals surface area contributed by atoms with Crippen molar-refractivity contribution in [3.63, 3.8) is 0 Å². The summed E-state index contributed by atoms with van der Waals surface area (Å²) in [5.74, 6) is 1.63. The van der Waals surface area contributed by atoms with Crippen molar-refractivity contribution in [2.75, 3.05) is 33.4 Å². The van der Waals surface area contributed by atoms with Crippen LogP contribution in [0.4, 0.5) is 0 Å². The maximum absolute atomic E-state index is 5.84. The van der Waals surface area contributed by atoms with Crippen LogP contribution in [-0.4, -0.2) is 44.3 Å².